The van der Waals surface area contributed by atoms with Crippen LogP contribution in [0.5, 0.6) is 0 Å². The van der Waals surface area contributed by atoms with Crippen LogP contribution in [0.25, 0.3) is 10.2 Å². The van der Waals surface area contributed by atoms with Gasteiger partial charge < -0.3 is 5.73 Å². The zero-order valence-electron chi connectivity index (χ0n) is 10.7. The molecule has 0 saturated carbocycles. The van der Waals surface area contributed by atoms with Crippen molar-refractivity contribution in [2.24, 2.45) is 11.1 Å². The molecule has 0 amide bonds. The largest absolute Gasteiger partial charge is 0.328 e. The average Bonchev–Trinajstić information content (AvgIpc) is 2.55. The molecule has 1 unspecified atom stereocenters. The molecular formula is C14H20N2S. The van der Waals surface area contributed by atoms with E-state index in [0.29, 0.717) is 0 Å². The lowest BCUT2D eigenvalue weighted by Crippen LogP contribution is -2.26. The molecule has 2 rings (SSSR count). The van der Waals surface area contributed by atoms with Crippen LogP contribution in [0, 0.1) is 5.41 Å². The molecule has 1 atom stereocenters. The number of aromatic nitrogens is 1. The lowest BCUT2D eigenvalue weighted by molar-refractivity contribution is 0.309. The third kappa shape index (κ3) is 3.27. The first-order chi connectivity index (χ1) is 7.96. The van der Waals surface area contributed by atoms with Crippen LogP contribution in [-0.2, 0) is 6.42 Å². The smallest absolute Gasteiger partial charge is 0.0943 e. The molecule has 0 aliphatic heterocycles. The second-order valence-electron chi connectivity index (χ2n) is 5.60. The summed E-state index contributed by atoms with van der Waals surface area (Å²) in [7, 11) is 0. The molecule has 2 aromatic rings. The van der Waals surface area contributed by atoms with Gasteiger partial charge in [0.25, 0.3) is 0 Å². The zero-order chi connectivity index (χ0) is 12.5. The van der Waals surface area contributed by atoms with Gasteiger partial charge >= 0.3 is 0 Å². The third-order valence-corrected chi connectivity index (χ3v) is 3.88. The Labute approximate surface area is 107 Å². The molecule has 92 valence electrons. The predicted octanol–water partition coefficient (Wildman–Crippen LogP) is 3.60. The van der Waals surface area contributed by atoms with Crippen molar-refractivity contribution in [1.82, 2.24) is 4.98 Å². The van der Waals surface area contributed by atoms with Gasteiger partial charge in [-0.05, 0) is 30.9 Å². The van der Waals surface area contributed by atoms with E-state index in [2.05, 4.69) is 44.0 Å². The van der Waals surface area contributed by atoms with Gasteiger partial charge in [0.05, 0.1) is 15.2 Å². The molecule has 0 bridgehead atoms. The van der Waals surface area contributed by atoms with Crippen LogP contribution in [0.15, 0.2) is 24.3 Å². The quantitative estimate of drug-likeness (QED) is 0.898. The Morgan fingerprint density at radius 2 is 2.06 bits per heavy atom. The predicted molar refractivity (Wildman–Crippen MR) is 75.4 cm³/mol. The van der Waals surface area contributed by atoms with E-state index >= 15 is 0 Å². The molecule has 0 radical (unpaired) electrons. The number of rotatable bonds is 4. The fourth-order valence-electron chi connectivity index (χ4n) is 2.35. The van der Waals surface area contributed by atoms with E-state index in [9.17, 15) is 0 Å². The minimum Gasteiger partial charge on any atom is -0.328 e. The van der Waals surface area contributed by atoms with Crippen LogP contribution >= 0.6 is 11.3 Å². The van der Waals surface area contributed by atoms with Crippen molar-refractivity contribution in [3.05, 3.63) is 29.3 Å². The summed E-state index contributed by atoms with van der Waals surface area (Å²) < 4.78 is 1.28. The molecule has 0 fully saturated rings. The summed E-state index contributed by atoms with van der Waals surface area (Å²) in [6.07, 6.45) is 2.04. The van der Waals surface area contributed by atoms with Crippen LogP contribution < -0.4 is 5.73 Å². The highest BCUT2D eigenvalue weighted by Gasteiger charge is 2.22. The number of fused-ring (bicyclic) bond motifs is 1. The highest BCUT2D eigenvalue weighted by atomic mass is 32.1. The fraction of sp³-hybridized carbons (Fsp3) is 0.500. The summed E-state index contributed by atoms with van der Waals surface area (Å²) in [6.45, 7) is 6.60. The first-order valence-electron chi connectivity index (χ1n) is 6.06. The first-order valence-corrected chi connectivity index (χ1v) is 6.88. The molecule has 0 saturated heterocycles. The van der Waals surface area contributed by atoms with Crippen molar-refractivity contribution >= 4 is 21.6 Å². The normalized spacial score (nSPS) is 14.1. The first kappa shape index (κ1) is 12.5. The average molecular weight is 248 g/mol. The molecule has 0 spiro atoms. The number of para-hydroxylation sites is 1. The summed E-state index contributed by atoms with van der Waals surface area (Å²) in [6, 6.07) is 8.57. The molecular weight excluding hydrogens is 228 g/mol. The Bertz CT molecular complexity index is 467. The van der Waals surface area contributed by atoms with Crippen molar-refractivity contribution in [2.45, 2.75) is 39.7 Å². The maximum Gasteiger partial charge on any atom is 0.0943 e. The second-order valence-corrected chi connectivity index (χ2v) is 6.71. The van der Waals surface area contributed by atoms with Gasteiger partial charge in [-0.2, -0.15) is 0 Å². The summed E-state index contributed by atoms with van der Waals surface area (Å²) in [4.78, 5) is 4.68. The number of benzene rings is 1. The van der Waals surface area contributed by atoms with Crippen molar-refractivity contribution in [3.8, 4) is 0 Å². The van der Waals surface area contributed by atoms with Crippen LogP contribution in [0.4, 0.5) is 0 Å². The van der Waals surface area contributed by atoms with E-state index < -0.39 is 0 Å². The van der Waals surface area contributed by atoms with Gasteiger partial charge in [0.2, 0.25) is 0 Å². The van der Waals surface area contributed by atoms with E-state index in [4.69, 9.17) is 5.73 Å². The highest BCUT2D eigenvalue weighted by molar-refractivity contribution is 7.18. The Balaban J connectivity index is 2.18. The van der Waals surface area contributed by atoms with Crippen LogP contribution in [0.3, 0.4) is 0 Å². The van der Waals surface area contributed by atoms with Gasteiger partial charge in [0.1, 0.15) is 0 Å². The van der Waals surface area contributed by atoms with E-state index in [1.165, 1.54) is 9.71 Å². The zero-order valence-corrected chi connectivity index (χ0v) is 11.6. The van der Waals surface area contributed by atoms with Gasteiger partial charge in [-0.1, -0.05) is 26.0 Å². The molecule has 0 aliphatic carbocycles. The van der Waals surface area contributed by atoms with Crippen molar-refractivity contribution in [2.75, 3.05) is 0 Å². The minimum atomic E-state index is 0.224. The summed E-state index contributed by atoms with van der Waals surface area (Å²) in [5.41, 5.74) is 7.23. The maximum absolute atomic E-state index is 5.89. The van der Waals surface area contributed by atoms with Crippen molar-refractivity contribution in [3.63, 3.8) is 0 Å². The van der Waals surface area contributed by atoms with Crippen LogP contribution in [-0.4, -0.2) is 11.0 Å². The number of nitrogens with two attached hydrogens (primary N) is 1. The van der Waals surface area contributed by atoms with Crippen molar-refractivity contribution in [1.29, 1.82) is 0 Å². The van der Waals surface area contributed by atoms with Gasteiger partial charge in [-0.3, -0.25) is 0 Å². The molecule has 1 aromatic heterocycles. The number of nitrogens with zero attached hydrogens (tertiary/aromatic N) is 1. The second kappa shape index (κ2) is 4.75. The standard InChI is InChI=1S/C14H20N2S/c1-10(15)8-14(2,3)9-13-16-11-6-4-5-7-12(11)17-13/h4-7,10H,8-9,15H2,1-3H3. The summed E-state index contributed by atoms with van der Waals surface area (Å²) in [5.74, 6) is 0. The van der Waals surface area contributed by atoms with E-state index in [0.717, 1.165) is 18.4 Å². The van der Waals surface area contributed by atoms with Gasteiger partial charge in [-0.15, -0.1) is 11.3 Å². The number of thiazole rings is 1. The Kier molecular flexibility index (Phi) is 3.50. The molecule has 3 heteroatoms. The fourth-order valence-corrected chi connectivity index (χ4v) is 3.57. The molecule has 1 aromatic carbocycles. The lowest BCUT2D eigenvalue weighted by atomic mass is 9.83. The number of hydrogen-bond donors (Lipinski definition) is 1. The third-order valence-electron chi connectivity index (χ3n) is 2.84. The van der Waals surface area contributed by atoms with Gasteiger partial charge in [0.15, 0.2) is 0 Å². The molecule has 2 N–H and O–H groups in total. The number of hydrogen-bond acceptors (Lipinski definition) is 3. The molecule has 17 heavy (non-hydrogen) atoms. The van der Waals surface area contributed by atoms with Gasteiger partial charge in [-0.25, -0.2) is 4.98 Å². The van der Waals surface area contributed by atoms with Gasteiger partial charge in [0, 0.05) is 12.5 Å². The Morgan fingerprint density at radius 1 is 1.35 bits per heavy atom. The lowest BCUT2D eigenvalue weighted by Gasteiger charge is -2.25. The van der Waals surface area contributed by atoms with Crippen molar-refractivity contribution < 1.29 is 0 Å². The molecule has 1 heterocycles. The topological polar surface area (TPSA) is 38.9 Å². The maximum atomic E-state index is 5.89. The van der Waals surface area contributed by atoms with E-state index in [-0.39, 0.29) is 11.5 Å². The molecule has 0 aliphatic rings. The monoisotopic (exact) mass is 248 g/mol. The Morgan fingerprint density at radius 3 is 2.71 bits per heavy atom. The van der Waals surface area contributed by atoms with Crippen LogP contribution in [0.2, 0.25) is 0 Å². The minimum absolute atomic E-state index is 0.224. The highest BCUT2D eigenvalue weighted by Crippen LogP contribution is 2.31. The van der Waals surface area contributed by atoms with E-state index in [1.807, 2.05) is 6.07 Å². The van der Waals surface area contributed by atoms with Crippen LogP contribution in [0.1, 0.15) is 32.2 Å². The SMILES string of the molecule is CC(N)CC(C)(C)Cc1nc2ccccc2s1. The summed E-state index contributed by atoms with van der Waals surface area (Å²) >= 11 is 1.80. The summed E-state index contributed by atoms with van der Waals surface area (Å²) in [5, 5.41) is 1.22. The molecule has 2 nitrogen and oxygen atoms in total. The Hall–Kier alpha value is -0.930. The van der Waals surface area contributed by atoms with E-state index in [1.54, 1.807) is 11.3 Å².